The SMILES string of the molecule is Cc1cccc(C(c2ccc(I)c(C)c2)(C(F)(F)F)C(F)(F)F)c1. The molecule has 0 radical (unpaired) electrons. The van der Waals surface area contributed by atoms with Gasteiger partial charge >= 0.3 is 12.4 Å². The van der Waals surface area contributed by atoms with Crippen LogP contribution >= 0.6 is 22.6 Å². The van der Waals surface area contributed by atoms with Crippen LogP contribution in [0.5, 0.6) is 0 Å². The Morgan fingerprint density at radius 3 is 1.75 bits per heavy atom. The Balaban J connectivity index is 2.94. The monoisotopic (exact) mass is 458 g/mol. The van der Waals surface area contributed by atoms with Gasteiger partial charge in [0.25, 0.3) is 0 Å². The third-order valence-corrected chi connectivity index (χ3v) is 5.10. The van der Waals surface area contributed by atoms with E-state index in [-0.39, 0.29) is 0 Å². The lowest BCUT2D eigenvalue weighted by Crippen LogP contribution is -2.54. The second-order valence-corrected chi connectivity index (χ2v) is 6.74. The molecule has 0 aliphatic rings. The molecule has 0 spiro atoms. The molecular weight excluding hydrogens is 445 g/mol. The molecule has 0 aromatic heterocycles. The number of halogens is 7. The molecule has 0 nitrogen and oxygen atoms in total. The third-order valence-electron chi connectivity index (χ3n) is 3.89. The fourth-order valence-corrected chi connectivity index (χ4v) is 3.07. The van der Waals surface area contributed by atoms with Crippen molar-refractivity contribution >= 4 is 22.6 Å². The summed E-state index contributed by atoms with van der Waals surface area (Å²) in [6, 6.07) is 7.61. The van der Waals surface area contributed by atoms with Gasteiger partial charge in [0.15, 0.2) is 0 Å². The molecule has 0 bridgehead atoms. The molecule has 0 amide bonds. The van der Waals surface area contributed by atoms with Crippen molar-refractivity contribution in [3.8, 4) is 0 Å². The van der Waals surface area contributed by atoms with Crippen molar-refractivity contribution in [2.24, 2.45) is 0 Å². The Labute approximate surface area is 149 Å². The van der Waals surface area contributed by atoms with E-state index >= 15 is 0 Å². The van der Waals surface area contributed by atoms with Gasteiger partial charge in [-0.05, 0) is 59.2 Å². The molecule has 0 saturated heterocycles. The van der Waals surface area contributed by atoms with E-state index in [1.54, 1.807) is 0 Å². The van der Waals surface area contributed by atoms with Crippen molar-refractivity contribution in [2.45, 2.75) is 31.6 Å². The average molecular weight is 458 g/mol. The predicted octanol–water partition coefficient (Wildman–Crippen LogP) is 6.32. The molecule has 0 saturated carbocycles. The molecule has 0 fully saturated rings. The van der Waals surface area contributed by atoms with Gasteiger partial charge in [-0.3, -0.25) is 0 Å². The van der Waals surface area contributed by atoms with Gasteiger partial charge in [0, 0.05) is 3.57 Å². The van der Waals surface area contributed by atoms with E-state index in [9.17, 15) is 26.3 Å². The summed E-state index contributed by atoms with van der Waals surface area (Å²) in [4.78, 5) is 0. The van der Waals surface area contributed by atoms with E-state index < -0.39 is 28.9 Å². The maximum atomic E-state index is 13.9. The van der Waals surface area contributed by atoms with Gasteiger partial charge in [-0.2, -0.15) is 26.3 Å². The van der Waals surface area contributed by atoms with Crippen LogP contribution in [0.1, 0.15) is 22.3 Å². The van der Waals surface area contributed by atoms with Gasteiger partial charge in [0.2, 0.25) is 5.41 Å². The molecule has 2 aromatic rings. The van der Waals surface area contributed by atoms with Gasteiger partial charge in [0.1, 0.15) is 0 Å². The summed E-state index contributed by atoms with van der Waals surface area (Å²) in [5.41, 5.74) is -5.04. The summed E-state index contributed by atoms with van der Waals surface area (Å²) in [6.07, 6.45) is -11.1. The maximum absolute atomic E-state index is 13.9. The zero-order chi connectivity index (χ0) is 18.3. The summed E-state index contributed by atoms with van der Waals surface area (Å²) in [5.74, 6) is 0. The van der Waals surface area contributed by atoms with Crippen LogP contribution in [0.2, 0.25) is 0 Å². The van der Waals surface area contributed by atoms with Gasteiger partial charge in [-0.25, -0.2) is 0 Å². The smallest absolute Gasteiger partial charge is 0.169 e. The lowest BCUT2D eigenvalue weighted by atomic mass is 9.72. The second kappa shape index (κ2) is 6.24. The van der Waals surface area contributed by atoms with Crippen molar-refractivity contribution in [2.75, 3.05) is 0 Å². The third kappa shape index (κ3) is 3.02. The number of hydrogen-bond donors (Lipinski definition) is 0. The van der Waals surface area contributed by atoms with E-state index in [1.807, 2.05) is 22.6 Å². The Morgan fingerprint density at radius 1 is 0.750 bits per heavy atom. The number of rotatable bonds is 2. The van der Waals surface area contributed by atoms with Gasteiger partial charge < -0.3 is 0 Å². The van der Waals surface area contributed by atoms with Crippen LogP contribution in [-0.4, -0.2) is 12.4 Å². The Kier molecular flexibility index (Phi) is 4.96. The van der Waals surface area contributed by atoms with E-state index in [4.69, 9.17) is 0 Å². The van der Waals surface area contributed by atoms with Crippen LogP contribution in [0.15, 0.2) is 42.5 Å². The van der Waals surface area contributed by atoms with E-state index in [1.165, 1.54) is 32.0 Å². The molecule has 2 aromatic carbocycles. The van der Waals surface area contributed by atoms with Crippen molar-refractivity contribution in [3.63, 3.8) is 0 Å². The first-order chi connectivity index (χ1) is 10.9. The first-order valence-electron chi connectivity index (χ1n) is 6.88. The van der Waals surface area contributed by atoms with Crippen molar-refractivity contribution in [1.82, 2.24) is 0 Å². The summed E-state index contributed by atoms with van der Waals surface area (Å²) < 4.78 is 83.9. The Hall–Kier alpha value is -1.25. The minimum atomic E-state index is -5.54. The zero-order valence-corrected chi connectivity index (χ0v) is 14.8. The van der Waals surface area contributed by atoms with E-state index in [0.29, 0.717) is 14.7 Å². The number of aryl methyl sites for hydroxylation is 2. The van der Waals surface area contributed by atoms with Crippen LogP contribution in [0.25, 0.3) is 0 Å². The summed E-state index contributed by atoms with van der Waals surface area (Å²) in [7, 11) is 0. The van der Waals surface area contributed by atoms with Crippen LogP contribution in [0.4, 0.5) is 26.3 Å². The summed E-state index contributed by atoms with van der Waals surface area (Å²) >= 11 is 1.87. The fraction of sp³-hybridized carbons (Fsp3) is 0.294. The lowest BCUT2D eigenvalue weighted by molar-refractivity contribution is -0.288. The van der Waals surface area contributed by atoms with E-state index in [2.05, 4.69) is 0 Å². The van der Waals surface area contributed by atoms with Crippen molar-refractivity contribution in [1.29, 1.82) is 0 Å². The molecule has 130 valence electrons. The molecule has 0 unspecified atom stereocenters. The first-order valence-corrected chi connectivity index (χ1v) is 7.96. The highest BCUT2D eigenvalue weighted by Crippen LogP contribution is 2.56. The average Bonchev–Trinajstić information content (AvgIpc) is 2.40. The van der Waals surface area contributed by atoms with Crippen molar-refractivity contribution in [3.05, 3.63) is 68.3 Å². The molecule has 0 aliphatic heterocycles. The summed E-state index contributed by atoms with van der Waals surface area (Å²) in [6.45, 7) is 2.94. The normalized spacial score (nSPS) is 13.2. The van der Waals surface area contributed by atoms with E-state index in [0.717, 1.165) is 24.3 Å². The number of hydrogen-bond acceptors (Lipinski definition) is 0. The van der Waals surface area contributed by atoms with Gasteiger partial charge in [0.05, 0.1) is 0 Å². The van der Waals surface area contributed by atoms with Crippen LogP contribution in [0, 0.1) is 17.4 Å². The Morgan fingerprint density at radius 2 is 1.29 bits per heavy atom. The molecule has 2 rings (SSSR count). The quantitative estimate of drug-likeness (QED) is 0.365. The van der Waals surface area contributed by atoms with Gasteiger partial charge in [-0.15, -0.1) is 0 Å². The zero-order valence-electron chi connectivity index (χ0n) is 12.7. The highest BCUT2D eigenvalue weighted by Gasteiger charge is 2.72. The highest BCUT2D eigenvalue weighted by molar-refractivity contribution is 14.1. The topological polar surface area (TPSA) is 0 Å². The minimum Gasteiger partial charge on any atom is -0.169 e. The van der Waals surface area contributed by atoms with Crippen LogP contribution in [-0.2, 0) is 5.41 Å². The number of alkyl halides is 6. The molecule has 0 atom stereocenters. The number of benzene rings is 2. The molecule has 0 N–H and O–H groups in total. The summed E-state index contributed by atoms with van der Waals surface area (Å²) in [5, 5.41) is 0. The molecular formula is C17H13F6I. The second-order valence-electron chi connectivity index (χ2n) is 5.58. The first kappa shape index (κ1) is 19.1. The predicted molar refractivity (Wildman–Crippen MR) is 88.0 cm³/mol. The largest absolute Gasteiger partial charge is 0.411 e. The maximum Gasteiger partial charge on any atom is 0.411 e. The molecule has 24 heavy (non-hydrogen) atoms. The standard InChI is InChI=1S/C17H13F6I/c1-10-4-3-5-12(8-10)15(16(18,19)20,17(21,22)23)13-6-7-14(24)11(2)9-13/h3-9H,1-2H3. The fourth-order valence-electron chi connectivity index (χ4n) is 2.74. The Bertz CT molecular complexity index is 731. The minimum absolute atomic E-state index is 0.326. The lowest BCUT2D eigenvalue weighted by Gasteiger charge is -2.38. The van der Waals surface area contributed by atoms with Crippen LogP contribution in [0.3, 0.4) is 0 Å². The van der Waals surface area contributed by atoms with Crippen LogP contribution < -0.4 is 0 Å². The van der Waals surface area contributed by atoms with Gasteiger partial charge in [-0.1, -0.05) is 42.0 Å². The highest BCUT2D eigenvalue weighted by atomic mass is 127. The molecule has 7 heteroatoms. The molecule has 0 heterocycles. The molecule has 0 aliphatic carbocycles. The van der Waals surface area contributed by atoms with Crippen molar-refractivity contribution < 1.29 is 26.3 Å².